The topological polar surface area (TPSA) is 29.1 Å². The van der Waals surface area contributed by atoms with Crippen LogP contribution in [0.25, 0.3) is 0 Å². The average molecular weight is 170 g/mol. The molecule has 3 heteroatoms. The zero-order valence-corrected chi connectivity index (χ0v) is 6.85. The maximum absolute atomic E-state index is 10.4. The van der Waals surface area contributed by atoms with Gasteiger partial charge < -0.3 is 5.32 Å². The number of benzene rings is 1. The van der Waals surface area contributed by atoms with Crippen LogP contribution in [-0.2, 0) is 0 Å². The van der Waals surface area contributed by atoms with E-state index in [9.17, 15) is 4.79 Å². The van der Waals surface area contributed by atoms with Gasteiger partial charge in [-0.3, -0.25) is 4.79 Å². The summed E-state index contributed by atoms with van der Waals surface area (Å²) in [6.45, 7) is 0. The van der Waals surface area contributed by atoms with E-state index in [1.165, 1.54) is 0 Å². The van der Waals surface area contributed by atoms with E-state index in [0.717, 1.165) is 12.0 Å². The van der Waals surface area contributed by atoms with Crippen LogP contribution in [0.1, 0.15) is 10.4 Å². The SMILES string of the molecule is CNc1cccc(C=O)c1Cl. The van der Waals surface area contributed by atoms with Gasteiger partial charge in [0, 0.05) is 12.6 Å². The van der Waals surface area contributed by atoms with Gasteiger partial charge in [-0.15, -0.1) is 0 Å². The summed E-state index contributed by atoms with van der Waals surface area (Å²) < 4.78 is 0. The Morgan fingerprint density at radius 3 is 2.82 bits per heavy atom. The molecule has 0 atom stereocenters. The molecule has 2 nitrogen and oxygen atoms in total. The third-order valence-electron chi connectivity index (χ3n) is 1.42. The summed E-state index contributed by atoms with van der Waals surface area (Å²) in [6.07, 6.45) is 0.739. The number of carbonyl (C=O) groups is 1. The highest BCUT2D eigenvalue weighted by Crippen LogP contribution is 2.23. The molecular formula is C8H8ClNO. The van der Waals surface area contributed by atoms with Crippen LogP contribution < -0.4 is 5.32 Å². The second kappa shape index (κ2) is 3.39. The quantitative estimate of drug-likeness (QED) is 0.688. The third kappa shape index (κ3) is 1.52. The predicted octanol–water partition coefficient (Wildman–Crippen LogP) is 2.19. The lowest BCUT2D eigenvalue weighted by atomic mass is 10.2. The Labute approximate surface area is 70.2 Å². The Bertz CT molecular complexity index is 273. The van der Waals surface area contributed by atoms with Crippen LogP contribution in [0.4, 0.5) is 5.69 Å². The minimum atomic E-state index is 0.477. The van der Waals surface area contributed by atoms with Crippen molar-refractivity contribution in [3.63, 3.8) is 0 Å². The van der Waals surface area contributed by atoms with Crippen molar-refractivity contribution in [2.45, 2.75) is 0 Å². The van der Waals surface area contributed by atoms with E-state index in [-0.39, 0.29) is 0 Å². The van der Waals surface area contributed by atoms with Gasteiger partial charge >= 0.3 is 0 Å². The number of nitrogens with one attached hydrogen (secondary N) is 1. The van der Waals surface area contributed by atoms with E-state index >= 15 is 0 Å². The van der Waals surface area contributed by atoms with Crippen molar-refractivity contribution >= 4 is 23.6 Å². The normalized spacial score (nSPS) is 9.27. The van der Waals surface area contributed by atoms with Crippen molar-refractivity contribution < 1.29 is 4.79 Å². The van der Waals surface area contributed by atoms with Gasteiger partial charge in [-0.2, -0.15) is 0 Å². The largest absolute Gasteiger partial charge is 0.387 e. The van der Waals surface area contributed by atoms with E-state index in [2.05, 4.69) is 5.32 Å². The summed E-state index contributed by atoms with van der Waals surface area (Å²) in [6, 6.07) is 5.27. The number of carbonyl (C=O) groups excluding carboxylic acids is 1. The van der Waals surface area contributed by atoms with Gasteiger partial charge in [0.1, 0.15) is 0 Å². The van der Waals surface area contributed by atoms with Crippen LogP contribution in [0.3, 0.4) is 0 Å². The van der Waals surface area contributed by atoms with E-state index in [0.29, 0.717) is 10.6 Å². The zero-order valence-electron chi connectivity index (χ0n) is 6.10. The second-order valence-electron chi connectivity index (χ2n) is 2.08. The van der Waals surface area contributed by atoms with Crippen LogP contribution in [0.5, 0.6) is 0 Å². The first-order chi connectivity index (χ1) is 5.29. The van der Waals surface area contributed by atoms with Crippen molar-refractivity contribution in [3.8, 4) is 0 Å². The Hall–Kier alpha value is -1.02. The molecular weight excluding hydrogens is 162 g/mol. The lowest BCUT2D eigenvalue weighted by Gasteiger charge is -2.03. The highest BCUT2D eigenvalue weighted by Gasteiger charge is 2.01. The molecule has 58 valence electrons. The number of anilines is 1. The minimum absolute atomic E-state index is 0.477. The monoisotopic (exact) mass is 169 g/mol. The van der Waals surface area contributed by atoms with Gasteiger partial charge in [-0.05, 0) is 6.07 Å². The summed E-state index contributed by atoms with van der Waals surface area (Å²) in [5, 5.41) is 3.36. The van der Waals surface area contributed by atoms with Gasteiger partial charge in [0.05, 0.1) is 10.7 Å². The molecule has 0 spiro atoms. The Morgan fingerprint density at radius 1 is 1.55 bits per heavy atom. The predicted molar refractivity (Wildman–Crippen MR) is 46.4 cm³/mol. The van der Waals surface area contributed by atoms with Gasteiger partial charge in [0.15, 0.2) is 6.29 Å². The zero-order chi connectivity index (χ0) is 8.27. The van der Waals surface area contributed by atoms with Crippen molar-refractivity contribution in [2.24, 2.45) is 0 Å². The summed E-state index contributed by atoms with van der Waals surface area (Å²) >= 11 is 5.82. The number of hydrogen-bond acceptors (Lipinski definition) is 2. The summed E-state index contributed by atoms with van der Waals surface area (Å²) in [4.78, 5) is 10.4. The molecule has 0 aromatic heterocycles. The van der Waals surface area contributed by atoms with Crippen LogP contribution in [0.2, 0.25) is 5.02 Å². The van der Waals surface area contributed by atoms with E-state index in [1.54, 1.807) is 19.2 Å². The molecule has 1 N–H and O–H groups in total. The van der Waals surface area contributed by atoms with E-state index < -0.39 is 0 Å². The lowest BCUT2D eigenvalue weighted by Crippen LogP contribution is -1.91. The van der Waals surface area contributed by atoms with Crippen molar-refractivity contribution in [3.05, 3.63) is 28.8 Å². The fraction of sp³-hybridized carbons (Fsp3) is 0.125. The van der Waals surface area contributed by atoms with Crippen molar-refractivity contribution in [1.82, 2.24) is 0 Å². The molecule has 0 radical (unpaired) electrons. The molecule has 11 heavy (non-hydrogen) atoms. The molecule has 0 unspecified atom stereocenters. The maximum Gasteiger partial charge on any atom is 0.151 e. The number of halogens is 1. The fourth-order valence-corrected chi connectivity index (χ4v) is 1.10. The van der Waals surface area contributed by atoms with E-state index in [1.807, 2.05) is 6.07 Å². The molecule has 1 aromatic carbocycles. The first-order valence-corrected chi connectivity index (χ1v) is 3.59. The molecule has 0 saturated heterocycles. The fourth-order valence-electron chi connectivity index (χ4n) is 0.834. The Morgan fingerprint density at radius 2 is 2.27 bits per heavy atom. The summed E-state index contributed by atoms with van der Waals surface area (Å²) in [5.74, 6) is 0. The standard InChI is InChI=1S/C8H8ClNO/c1-10-7-4-2-3-6(5-11)8(7)9/h2-5,10H,1H3. The summed E-state index contributed by atoms with van der Waals surface area (Å²) in [7, 11) is 1.76. The third-order valence-corrected chi connectivity index (χ3v) is 1.85. The molecule has 1 rings (SSSR count). The smallest absolute Gasteiger partial charge is 0.151 e. The molecule has 0 aliphatic heterocycles. The molecule has 0 saturated carbocycles. The highest BCUT2D eigenvalue weighted by atomic mass is 35.5. The number of hydrogen-bond donors (Lipinski definition) is 1. The Kier molecular flexibility index (Phi) is 2.49. The molecule has 0 amide bonds. The maximum atomic E-state index is 10.4. The van der Waals surface area contributed by atoms with E-state index in [4.69, 9.17) is 11.6 Å². The van der Waals surface area contributed by atoms with Gasteiger partial charge in [-0.25, -0.2) is 0 Å². The van der Waals surface area contributed by atoms with Gasteiger partial charge in [-0.1, -0.05) is 23.7 Å². The molecule has 0 aliphatic rings. The number of aldehydes is 1. The lowest BCUT2D eigenvalue weighted by molar-refractivity contribution is 0.112. The minimum Gasteiger partial charge on any atom is -0.387 e. The first kappa shape index (κ1) is 8.08. The van der Waals surface area contributed by atoms with Crippen molar-refractivity contribution in [1.29, 1.82) is 0 Å². The summed E-state index contributed by atoms with van der Waals surface area (Å²) in [5.41, 5.74) is 1.29. The number of rotatable bonds is 2. The average Bonchev–Trinajstić information content (AvgIpc) is 2.05. The van der Waals surface area contributed by atoms with Gasteiger partial charge in [0.25, 0.3) is 0 Å². The van der Waals surface area contributed by atoms with Gasteiger partial charge in [0.2, 0.25) is 0 Å². The molecule has 0 bridgehead atoms. The first-order valence-electron chi connectivity index (χ1n) is 3.21. The van der Waals surface area contributed by atoms with Crippen LogP contribution >= 0.6 is 11.6 Å². The van der Waals surface area contributed by atoms with Crippen LogP contribution in [0.15, 0.2) is 18.2 Å². The van der Waals surface area contributed by atoms with Crippen LogP contribution in [-0.4, -0.2) is 13.3 Å². The molecule has 0 fully saturated rings. The molecule has 0 aliphatic carbocycles. The van der Waals surface area contributed by atoms with Crippen molar-refractivity contribution in [2.75, 3.05) is 12.4 Å². The Balaban J connectivity index is 3.20. The molecule has 1 aromatic rings. The highest BCUT2D eigenvalue weighted by molar-refractivity contribution is 6.35. The second-order valence-corrected chi connectivity index (χ2v) is 2.45. The van der Waals surface area contributed by atoms with Crippen LogP contribution in [0, 0.1) is 0 Å². The molecule has 0 heterocycles.